The number of aryl methyl sites for hydroxylation is 1. The van der Waals surface area contributed by atoms with Gasteiger partial charge in [-0.15, -0.1) is 0 Å². The Morgan fingerprint density at radius 2 is 2.14 bits per heavy atom. The highest BCUT2D eigenvalue weighted by Gasteiger charge is 2.37. The largest absolute Gasteiger partial charge is 0.469 e. The molecule has 2 aromatic rings. The van der Waals surface area contributed by atoms with Gasteiger partial charge in [0, 0.05) is 22.5 Å². The number of aromatic nitrogens is 1. The summed E-state index contributed by atoms with van der Waals surface area (Å²) < 4.78 is 4.96. The number of esters is 1. The summed E-state index contributed by atoms with van der Waals surface area (Å²) in [6, 6.07) is 8.13. The summed E-state index contributed by atoms with van der Waals surface area (Å²) >= 11 is 0. The smallest absolute Gasteiger partial charge is 0.309 e. The molecule has 0 aliphatic heterocycles. The Morgan fingerprint density at radius 3 is 2.90 bits per heavy atom. The number of carbonyl (C=O) groups is 1. The number of fused-ring (bicyclic) bond motifs is 3. The third-order valence-electron chi connectivity index (χ3n) is 4.26. The summed E-state index contributed by atoms with van der Waals surface area (Å²) in [7, 11) is 2.91. The monoisotopic (exact) mass is 289 g/mol. The molecule has 0 amide bonds. The van der Waals surface area contributed by atoms with Crippen molar-refractivity contribution in [2.45, 2.75) is 18.8 Å². The van der Waals surface area contributed by atoms with Crippen molar-refractivity contribution in [2.75, 3.05) is 20.8 Å². The van der Waals surface area contributed by atoms with Gasteiger partial charge in [-0.1, -0.05) is 18.2 Å². The Morgan fingerprint density at radius 1 is 1.33 bits per heavy atom. The van der Waals surface area contributed by atoms with Gasteiger partial charge in [-0.05, 0) is 24.5 Å². The van der Waals surface area contributed by atoms with Crippen LogP contribution in [0.2, 0.25) is 0 Å². The predicted molar refractivity (Wildman–Crippen MR) is 77.8 cm³/mol. The van der Waals surface area contributed by atoms with Gasteiger partial charge in [-0.25, -0.2) is 9.78 Å². The van der Waals surface area contributed by atoms with E-state index < -0.39 is 0 Å². The van der Waals surface area contributed by atoms with E-state index in [1.165, 1.54) is 19.9 Å². The molecule has 3 rings (SSSR count). The first kappa shape index (κ1) is 14.1. The Kier molecular flexibility index (Phi) is 3.94. The number of H-pyrrole nitrogens is 1. The molecule has 1 N–H and O–H groups in total. The van der Waals surface area contributed by atoms with Gasteiger partial charge < -0.3 is 9.72 Å². The Balaban J connectivity index is 2.07. The van der Waals surface area contributed by atoms with E-state index in [4.69, 9.17) is 14.5 Å². The number of methoxy groups -OCH3 is 1. The summed E-state index contributed by atoms with van der Waals surface area (Å²) in [5.74, 6) is -0.440. The number of aromatic amines is 1. The molecule has 1 aliphatic rings. The van der Waals surface area contributed by atoms with Crippen molar-refractivity contribution in [1.82, 2.24) is 4.98 Å². The van der Waals surface area contributed by atoms with Crippen LogP contribution < -0.4 is 0 Å². The molecule has 1 aliphatic carbocycles. The van der Waals surface area contributed by atoms with E-state index in [0.717, 1.165) is 29.3 Å². The molecule has 0 bridgehead atoms. The average Bonchev–Trinajstić information content (AvgIpc) is 2.90. The second kappa shape index (κ2) is 5.87. The number of benzene rings is 1. The lowest BCUT2D eigenvalue weighted by molar-refractivity contribution is -0.277. The second-order valence-electron chi connectivity index (χ2n) is 5.29. The van der Waals surface area contributed by atoms with E-state index >= 15 is 0 Å². The second-order valence-corrected chi connectivity index (χ2v) is 5.29. The molecule has 0 radical (unpaired) electrons. The van der Waals surface area contributed by atoms with Crippen LogP contribution in [0.1, 0.15) is 23.6 Å². The molecule has 5 heteroatoms. The zero-order valence-electron chi connectivity index (χ0n) is 12.2. The summed E-state index contributed by atoms with van der Waals surface area (Å²) in [4.78, 5) is 25.4. The van der Waals surface area contributed by atoms with Crippen LogP contribution >= 0.6 is 0 Å². The Bertz CT molecular complexity index is 649. The lowest BCUT2D eigenvalue weighted by atomic mass is 9.77. The maximum absolute atomic E-state index is 12.1. The molecule has 21 heavy (non-hydrogen) atoms. The van der Waals surface area contributed by atoms with E-state index in [9.17, 15) is 4.79 Å². The third kappa shape index (κ3) is 2.43. The quantitative estimate of drug-likeness (QED) is 0.534. The van der Waals surface area contributed by atoms with Crippen LogP contribution in [-0.4, -0.2) is 31.8 Å². The highest BCUT2D eigenvalue weighted by atomic mass is 17.2. The maximum atomic E-state index is 12.1. The molecule has 0 saturated heterocycles. The van der Waals surface area contributed by atoms with Crippen LogP contribution in [0.5, 0.6) is 0 Å². The highest BCUT2D eigenvalue weighted by molar-refractivity contribution is 5.87. The summed E-state index contributed by atoms with van der Waals surface area (Å²) in [6.07, 6.45) is 1.59. The van der Waals surface area contributed by atoms with Gasteiger partial charge in [0.15, 0.2) is 0 Å². The van der Waals surface area contributed by atoms with Crippen LogP contribution in [-0.2, 0) is 25.7 Å². The fourth-order valence-corrected chi connectivity index (χ4v) is 3.32. The molecule has 1 heterocycles. The minimum absolute atomic E-state index is 0.0581. The summed E-state index contributed by atoms with van der Waals surface area (Å²) in [5.41, 5.74) is 3.43. The maximum Gasteiger partial charge on any atom is 0.309 e. The number of ether oxygens (including phenoxy) is 1. The Hall–Kier alpha value is -1.85. The molecule has 112 valence electrons. The van der Waals surface area contributed by atoms with Crippen LogP contribution in [0.3, 0.4) is 0 Å². The topological polar surface area (TPSA) is 60.5 Å². The summed E-state index contributed by atoms with van der Waals surface area (Å²) in [5, 5.41) is 1.14. The normalized spacial score (nSPS) is 21.2. The lowest BCUT2D eigenvalue weighted by Crippen LogP contribution is -2.31. The third-order valence-corrected chi connectivity index (χ3v) is 4.26. The van der Waals surface area contributed by atoms with E-state index in [1.807, 2.05) is 12.1 Å². The first-order chi connectivity index (χ1) is 10.3. The summed E-state index contributed by atoms with van der Waals surface area (Å²) in [6.45, 7) is 0.338. The van der Waals surface area contributed by atoms with Crippen molar-refractivity contribution in [1.29, 1.82) is 0 Å². The van der Waals surface area contributed by atoms with Gasteiger partial charge in [0.25, 0.3) is 0 Å². The molecule has 0 fully saturated rings. The number of hydrogen-bond acceptors (Lipinski definition) is 4. The SMILES string of the molecule is COOCC1c2c([nH]c3ccccc23)CCC1C(=O)OC. The zero-order valence-corrected chi connectivity index (χ0v) is 12.2. The van der Waals surface area contributed by atoms with Crippen LogP contribution in [0.15, 0.2) is 24.3 Å². The number of nitrogens with one attached hydrogen (secondary N) is 1. The first-order valence-corrected chi connectivity index (χ1v) is 7.09. The predicted octanol–water partition coefficient (Wildman–Crippen LogP) is 2.56. The standard InChI is InChI=1S/C16H19NO4/c1-19-16(18)10-7-8-14-15(12(10)9-21-20-2)11-5-3-4-6-13(11)17-14/h3-6,10,12,17H,7-9H2,1-2H3. The average molecular weight is 289 g/mol. The Labute approximate surface area is 123 Å². The molecule has 2 atom stereocenters. The number of hydrogen-bond donors (Lipinski definition) is 1. The van der Waals surface area contributed by atoms with Gasteiger partial charge in [0.05, 0.1) is 26.7 Å². The van der Waals surface area contributed by atoms with Gasteiger partial charge in [-0.3, -0.25) is 4.79 Å². The minimum Gasteiger partial charge on any atom is -0.469 e. The highest BCUT2D eigenvalue weighted by Crippen LogP contribution is 2.41. The van der Waals surface area contributed by atoms with Gasteiger partial charge >= 0.3 is 5.97 Å². The van der Waals surface area contributed by atoms with Crippen LogP contribution in [0, 0.1) is 5.92 Å². The van der Waals surface area contributed by atoms with Gasteiger partial charge in [0.2, 0.25) is 0 Å². The van der Waals surface area contributed by atoms with Gasteiger partial charge in [-0.2, -0.15) is 0 Å². The van der Waals surface area contributed by atoms with E-state index in [2.05, 4.69) is 17.1 Å². The molecule has 1 aromatic carbocycles. The van der Waals surface area contributed by atoms with Crippen molar-refractivity contribution in [2.24, 2.45) is 5.92 Å². The molecule has 0 spiro atoms. The fraction of sp³-hybridized carbons (Fsp3) is 0.438. The molecular formula is C16H19NO4. The van der Waals surface area contributed by atoms with E-state index in [1.54, 1.807) is 0 Å². The van der Waals surface area contributed by atoms with Crippen LogP contribution in [0.25, 0.3) is 10.9 Å². The van der Waals surface area contributed by atoms with Crippen molar-refractivity contribution in [3.8, 4) is 0 Å². The number of rotatable bonds is 4. The van der Waals surface area contributed by atoms with Crippen molar-refractivity contribution in [3.63, 3.8) is 0 Å². The van der Waals surface area contributed by atoms with E-state index in [0.29, 0.717) is 6.61 Å². The number of carbonyl (C=O) groups excluding carboxylic acids is 1. The van der Waals surface area contributed by atoms with Crippen molar-refractivity contribution < 1.29 is 19.3 Å². The van der Waals surface area contributed by atoms with Gasteiger partial charge in [0.1, 0.15) is 0 Å². The lowest BCUT2D eigenvalue weighted by Gasteiger charge is -2.29. The number of para-hydroxylation sites is 1. The zero-order chi connectivity index (χ0) is 14.8. The molecule has 0 saturated carbocycles. The minimum atomic E-state index is -0.197. The van der Waals surface area contributed by atoms with Crippen molar-refractivity contribution in [3.05, 3.63) is 35.5 Å². The fourth-order valence-electron chi connectivity index (χ4n) is 3.32. The van der Waals surface area contributed by atoms with E-state index in [-0.39, 0.29) is 17.8 Å². The molecule has 2 unspecified atom stereocenters. The van der Waals surface area contributed by atoms with Crippen LogP contribution in [0.4, 0.5) is 0 Å². The molecule has 1 aromatic heterocycles. The molecule has 5 nitrogen and oxygen atoms in total. The molecular weight excluding hydrogens is 270 g/mol. The van der Waals surface area contributed by atoms with Crippen molar-refractivity contribution >= 4 is 16.9 Å². The first-order valence-electron chi connectivity index (χ1n) is 7.09.